The lowest BCUT2D eigenvalue weighted by Crippen LogP contribution is -2.10. The molecule has 0 saturated carbocycles. The van der Waals surface area contributed by atoms with Crippen LogP contribution >= 0.6 is 0 Å². The van der Waals surface area contributed by atoms with Gasteiger partial charge >= 0.3 is 0 Å². The maximum atomic E-state index is 12.1. The second-order valence-corrected chi connectivity index (χ2v) is 5.51. The molecule has 0 aromatic heterocycles. The zero-order chi connectivity index (χ0) is 15.9. The van der Waals surface area contributed by atoms with Crippen molar-refractivity contribution in [2.45, 2.75) is 25.7 Å². The summed E-state index contributed by atoms with van der Waals surface area (Å²) in [6.45, 7) is 9.16. The van der Waals surface area contributed by atoms with Gasteiger partial charge in [0.1, 0.15) is 5.78 Å². The fourth-order valence-electron chi connectivity index (χ4n) is 2.69. The van der Waals surface area contributed by atoms with Crippen molar-refractivity contribution in [3.63, 3.8) is 0 Å². The molecule has 0 aliphatic heterocycles. The van der Waals surface area contributed by atoms with Gasteiger partial charge in [0, 0.05) is 0 Å². The van der Waals surface area contributed by atoms with Crippen LogP contribution < -0.4 is 0 Å². The van der Waals surface area contributed by atoms with Crippen LogP contribution in [0.3, 0.4) is 0 Å². The number of ketones is 1. The molecule has 112 valence electrons. The Bertz CT molecular complexity index is 594. The largest absolute Gasteiger partial charge is 0.299 e. The summed E-state index contributed by atoms with van der Waals surface area (Å²) in [5.74, 6) is -0.0384. The maximum Gasteiger partial charge on any atom is 0.141 e. The lowest BCUT2D eigenvalue weighted by molar-refractivity contribution is -0.117. The van der Waals surface area contributed by atoms with Gasteiger partial charge in [0.25, 0.3) is 0 Å². The van der Waals surface area contributed by atoms with Crippen molar-refractivity contribution in [2.75, 3.05) is 0 Å². The second-order valence-electron chi connectivity index (χ2n) is 5.51. The summed E-state index contributed by atoms with van der Waals surface area (Å²) < 4.78 is 0. The molecule has 1 nitrogen and oxygen atoms in total. The van der Waals surface area contributed by atoms with Gasteiger partial charge in [-0.3, -0.25) is 4.79 Å². The zero-order valence-electron chi connectivity index (χ0n) is 13.1. The third-order valence-electron chi connectivity index (χ3n) is 3.79. The number of allylic oxidation sites excluding steroid dienone is 2. The molecule has 2 rings (SSSR count). The predicted molar refractivity (Wildman–Crippen MR) is 93.2 cm³/mol. The smallest absolute Gasteiger partial charge is 0.141 e. The van der Waals surface area contributed by atoms with E-state index in [0.29, 0.717) is 0 Å². The monoisotopic (exact) mass is 290 g/mol. The molecule has 2 aromatic carbocycles. The molecule has 0 aliphatic carbocycles. The van der Waals surface area contributed by atoms with Gasteiger partial charge in [-0.05, 0) is 42.0 Å². The van der Waals surface area contributed by atoms with Crippen molar-refractivity contribution in [1.82, 2.24) is 0 Å². The van der Waals surface area contributed by atoms with Gasteiger partial charge in [-0.25, -0.2) is 0 Å². The quantitative estimate of drug-likeness (QED) is 0.665. The first-order valence-electron chi connectivity index (χ1n) is 7.55. The number of hydrogen-bond donors (Lipinski definition) is 0. The summed E-state index contributed by atoms with van der Waals surface area (Å²) in [7, 11) is 0. The molecular formula is C21H22O. The van der Waals surface area contributed by atoms with Gasteiger partial charge in [0.05, 0.1) is 5.92 Å². The van der Waals surface area contributed by atoms with Crippen molar-refractivity contribution >= 4 is 5.78 Å². The molecule has 0 heterocycles. The molecular weight excluding hydrogens is 268 g/mol. The zero-order valence-corrected chi connectivity index (χ0v) is 13.1. The Hall–Kier alpha value is -2.41. The molecule has 0 atom stereocenters. The molecule has 0 amide bonds. The SMILES string of the molecule is C=CCc1ccc(C(C(C)=O)c2ccc(CC=C)cc2)cc1. The minimum absolute atomic E-state index is 0.160. The van der Waals surface area contributed by atoms with Crippen LogP contribution in [0.2, 0.25) is 0 Å². The van der Waals surface area contributed by atoms with E-state index in [1.54, 1.807) is 6.92 Å². The lowest BCUT2D eigenvalue weighted by Gasteiger charge is -2.16. The Kier molecular flexibility index (Phi) is 5.48. The highest BCUT2D eigenvalue weighted by Crippen LogP contribution is 2.26. The van der Waals surface area contributed by atoms with E-state index in [0.717, 1.165) is 24.0 Å². The van der Waals surface area contributed by atoms with Crippen molar-refractivity contribution in [1.29, 1.82) is 0 Å². The average molecular weight is 290 g/mol. The first-order chi connectivity index (χ1) is 10.7. The Morgan fingerprint density at radius 3 is 1.50 bits per heavy atom. The van der Waals surface area contributed by atoms with Crippen LogP contribution in [0, 0.1) is 0 Å². The van der Waals surface area contributed by atoms with Crippen LogP contribution in [0.1, 0.15) is 35.1 Å². The molecule has 22 heavy (non-hydrogen) atoms. The summed E-state index contributed by atoms with van der Waals surface area (Å²) in [6.07, 6.45) is 5.47. The molecule has 0 N–H and O–H groups in total. The van der Waals surface area contributed by atoms with Crippen molar-refractivity contribution < 1.29 is 4.79 Å². The third-order valence-corrected chi connectivity index (χ3v) is 3.79. The first kappa shape index (κ1) is 16.0. The predicted octanol–water partition coefficient (Wildman–Crippen LogP) is 4.86. The Morgan fingerprint density at radius 2 is 1.23 bits per heavy atom. The summed E-state index contributed by atoms with van der Waals surface area (Å²) in [6, 6.07) is 16.5. The first-order valence-corrected chi connectivity index (χ1v) is 7.55. The average Bonchev–Trinajstić information content (AvgIpc) is 2.51. The number of rotatable bonds is 7. The minimum Gasteiger partial charge on any atom is -0.299 e. The molecule has 0 spiro atoms. The van der Waals surface area contributed by atoms with E-state index >= 15 is 0 Å². The molecule has 0 unspecified atom stereocenters. The molecule has 0 bridgehead atoms. The van der Waals surface area contributed by atoms with Gasteiger partial charge in [-0.2, -0.15) is 0 Å². The molecule has 2 aromatic rings. The normalized spacial score (nSPS) is 10.5. The van der Waals surface area contributed by atoms with Crippen LogP contribution in [0.4, 0.5) is 0 Å². The highest BCUT2D eigenvalue weighted by Gasteiger charge is 2.18. The fraction of sp³-hybridized carbons (Fsp3) is 0.190. The maximum absolute atomic E-state index is 12.1. The molecule has 0 fully saturated rings. The second kappa shape index (κ2) is 7.56. The Labute approximate surface area is 133 Å². The van der Waals surface area contributed by atoms with Crippen LogP contribution in [0.25, 0.3) is 0 Å². The van der Waals surface area contributed by atoms with Crippen LogP contribution in [-0.2, 0) is 17.6 Å². The van der Waals surface area contributed by atoms with E-state index in [2.05, 4.69) is 37.4 Å². The third kappa shape index (κ3) is 3.82. The highest BCUT2D eigenvalue weighted by molar-refractivity contribution is 5.86. The fourth-order valence-corrected chi connectivity index (χ4v) is 2.69. The van der Waals surface area contributed by atoms with Crippen LogP contribution in [0.15, 0.2) is 73.8 Å². The van der Waals surface area contributed by atoms with Crippen molar-refractivity contribution in [3.8, 4) is 0 Å². The van der Waals surface area contributed by atoms with Gasteiger partial charge in [0.15, 0.2) is 0 Å². The van der Waals surface area contributed by atoms with E-state index in [1.807, 2.05) is 36.4 Å². The summed E-state index contributed by atoms with van der Waals surface area (Å²) in [5.41, 5.74) is 4.50. The van der Waals surface area contributed by atoms with E-state index in [4.69, 9.17) is 0 Å². The van der Waals surface area contributed by atoms with E-state index in [-0.39, 0.29) is 11.7 Å². The summed E-state index contributed by atoms with van der Waals surface area (Å²) in [4.78, 5) is 12.1. The van der Waals surface area contributed by atoms with Crippen molar-refractivity contribution in [3.05, 3.63) is 96.1 Å². The number of benzene rings is 2. The number of carbonyl (C=O) groups excluding carboxylic acids is 1. The number of Topliss-reactive ketones (excluding diaryl/α,β-unsaturated/α-hetero) is 1. The summed E-state index contributed by atoms with van der Waals surface area (Å²) in [5, 5.41) is 0. The topological polar surface area (TPSA) is 17.1 Å². The Balaban J connectivity index is 2.31. The minimum atomic E-state index is -0.199. The Morgan fingerprint density at radius 1 is 0.864 bits per heavy atom. The molecule has 0 aliphatic rings. The van der Waals surface area contributed by atoms with Gasteiger partial charge in [-0.15, -0.1) is 13.2 Å². The standard InChI is InChI=1S/C21H22O/c1-4-6-17-8-12-19(13-9-17)21(16(3)22)20-14-10-18(7-5-2)11-15-20/h4-5,8-15,21H,1-2,6-7H2,3H3. The number of carbonyl (C=O) groups is 1. The van der Waals surface area contributed by atoms with Gasteiger partial charge < -0.3 is 0 Å². The highest BCUT2D eigenvalue weighted by atomic mass is 16.1. The van der Waals surface area contributed by atoms with Crippen LogP contribution in [-0.4, -0.2) is 5.78 Å². The molecule has 0 radical (unpaired) electrons. The molecule has 1 heteroatoms. The van der Waals surface area contributed by atoms with E-state index in [1.165, 1.54) is 11.1 Å². The lowest BCUT2D eigenvalue weighted by atomic mass is 9.87. The summed E-state index contributed by atoms with van der Waals surface area (Å²) >= 11 is 0. The van der Waals surface area contributed by atoms with Crippen LogP contribution in [0.5, 0.6) is 0 Å². The van der Waals surface area contributed by atoms with Gasteiger partial charge in [0.2, 0.25) is 0 Å². The number of hydrogen-bond acceptors (Lipinski definition) is 1. The molecule has 0 saturated heterocycles. The van der Waals surface area contributed by atoms with Gasteiger partial charge in [-0.1, -0.05) is 60.7 Å². The van der Waals surface area contributed by atoms with E-state index in [9.17, 15) is 4.79 Å². The van der Waals surface area contributed by atoms with Crippen molar-refractivity contribution in [2.24, 2.45) is 0 Å². The van der Waals surface area contributed by atoms with E-state index < -0.39 is 0 Å².